The molecule has 146 valence electrons. The maximum Gasteiger partial charge on any atom is 0.341 e. The second kappa shape index (κ2) is 9.65. The van der Waals surface area contributed by atoms with E-state index in [0.717, 1.165) is 40.9 Å². The van der Waals surface area contributed by atoms with E-state index in [9.17, 15) is 4.79 Å². The lowest BCUT2D eigenvalue weighted by Gasteiger charge is -2.13. The zero-order valence-electron chi connectivity index (χ0n) is 16.0. The molecule has 5 nitrogen and oxygen atoms in total. The van der Waals surface area contributed by atoms with Crippen molar-refractivity contribution in [2.24, 2.45) is 0 Å². The molecule has 0 radical (unpaired) electrons. The van der Waals surface area contributed by atoms with Crippen molar-refractivity contribution in [1.29, 1.82) is 0 Å². The van der Waals surface area contributed by atoms with Gasteiger partial charge in [0.05, 0.1) is 6.61 Å². The van der Waals surface area contributed by atoms with Crippen molar-refractivity contribution in [3.63, 3.8) is 0 Å². The predicted octanol–water partition coefficient (Wildman–Crippen LogP) is 5.62. The van der Waals surface area contributed by atoms with E-state index in [1.165, 1.54) is 12.8 Å². The summed E-state index contributed by atoms with van der Waals surface area (Å²) in [6, 6.07) is 19.4. The summed E-state index contributed by atoms with van der Waals surface area (Å²) in [5.41, 5.74) is 1.79. The molecule has 0 saturated carbocycles. The highest BCUT2D eigenvalue weighted by molar-refractivity contribution is 5.96. The first-order valence-corrected chi connectivity index (χ1v) is 9.53. The van der Waals surface area contributed by atoms with E-state index in [2.05, 4.69) is 30.4 Å². The van der Waals surface area contributed by atoms with E-state index in [1.54, 1.807) is 12.1 Å². The molecule has 0 saturated heterocycles. The zero-order chi connectivity index (χ0) is 19.8. The van der Waals surface area contributed by atoms with Crippen molar-refractivity contribution in [2.45, 2.75) is 26.2 Å². The number of hydrogen-bond acceptors (Lipinski definition) is 4. The number of unbranched alkanes of at least 4 members (excludes halogenated alkanes) is 2. The first-order valence-electron chi connectivity index (χ1n) is 9.53. The average Bonchev–Trinajstić information content (AvgIpc) is 2.70. The molecule has 3 aromatic rings. The van der Waals surface area contributed by atoms with Gasteiger partial charge >= 0.3 is 5.97 Å². The molecule has 0 aliphatic heterocycles. The van der Waals surface area contributed by atoms with E-state index in [1.807, 2.05) is 30.3 Å². The summed E-state index contributed by atoms with van der Waals surface area (Å²) < 4.78 is 11.1. The second-order valence-corrected chi connectivity index (χ2v) is 6.58. The first kappa shape index (κ1) is 19.5. The van der Waals surface area contributed by atoms with Crippen LogP contribution in [-0.2, 0) is 4.79 Å². The molecular formula is C23H25NO4. The van der Waals surface area contributed by atoms with Crippen LogP contribution in [0.25, 0.3) is 10.8 Å². The molecular weight excluding hydrogens is 354 g/mol. The molecule has 0 aromatic heterocycles. The molecule has 3 aromatic carbocycles. The number of aliphatic carboxylic acids is 1. The van der Waals surface area contributed by atoms with Gasteiger partial charge in [-0.3, -0.25) is 0 Å². The Morgan fingerprint density at radius 2 is 1.79 bits per heavy atom. The van der Waals surface area contributed by atoms with Crippen LogP contribution in [0.1, 0.15) is 26.2 Å². The summed E-state index contributed by atoms with van der Waals surface area (Å²) in [7, 11) is 0. The normalized spacial score (nSPS) is 10.6. The van der Waals surface area contributed by atoms with Gasteiger partial charge < -0.3 is 19.9 Å². The molecule has 0 bridgehead atoms. The summed E-state index contributed by atoms with van der Waals surface area (Å²) >= 11 is 0. The maximum atomic E-state index is 10.7. The summed E-state index contributed by atoms with van der Waals surface area (Å²) in [5.74, 6) is 0.389. The fourth-order valence-electron chi connectivity index (χ4n) is 2.97. The molecule has 0 unspecified atom stereocenters. The summed E-state index contributed by atoms with van der Waals surface area (Å²) in [5, 5.41) is 14.3. The van der Waals surface area contributed by atoms with Crippen molar-refractivity contribution in [2.75, 3.05) is 18.5 Å². The van der Waals surface area contributed by atoms with Crippen molar-refractivity contribution in [3.05, 3.63) is 60.7 Å². The molecule has 0 aliphatic rings. The Balaban J connectivity index is 1.74. The predicted molar refractivity (Wildman–Crippen MR) is 112 cm³/mol. The van der Waals surface area contributed by atoms with Gasteiger partial charge in [-0.05, 0) is 48.2 Å². The zero-order valence-corrected chi connectivity index (χ0v) is 16.0. The number of ether oxygens (including phenoxy) is 2. The molecule has 0 amide bonds. The van der Waals surface area contributed by atoms with E-state index >= 15 is 0 Å². The Kier molecular flexibility index (Phi) is 6.73. The Morgan fingerprint density at radius 3 is 2.61 bits per heavy atom. The van der Waals surface area contributed by atoms with Crippen LogP contribution < -0.4 is 14.8 Å². The number of benzene rings is 3. The Bertz CT molecular complexity index is 939. The van der Waals surface area contributed by atoms with Crippen molar-refractivity contribution < 1.29 is 19.4 Å². The molecule has 0 fully saturated rings. The lowest BCUT2D eigenvalue weighted by molar-refractivity contribution is -0.139. The first-order chi connectivity index (χ1) is 13.7. The number of carboxylic acid groups (broad SMARTS) is 1. The second-order valence-electron chi connectivity index (χ2n) is 6.58. The molecule has 0 atom stereocenters. The van der Waals surface area contributed by atoms with E-state index < -0.39 is 5.97 Å². The van der Waals surface area contributed by atoms with Crippen molar-refractivity contribution in [1.82, 2.24) is 0 Å². The average molecular weight is 379 g/mol. The van der Waals surface area contributed by atoms with Gasteiger partial charge in [0.15, 0.2) is 6.61 Å². The van der Waals surface area contributed by atoms with Gasteiger partial charge in [-0.2, -0.15) is 0 Å². The molecule has 3 rings (SSSR count). The fraction of sp³-hybridized carbons (Fsp3) is 0.261. The Hall–Kier alpha value is -3.21. The third-order valence-electron chi connectivity index (χ3n) is 4.34. The third kappa shape index (κ3) is 5.39. The number of carboxylic acids is 1. The smallest absolute Gasteiger partial charge is 0.341 e. The number of nitrogens with one attached hydrogen (secondary N) is 1. The lowest BCUT2D eigenvalue weighted by atomic mass is 10.1. The van der Waals surface area contributed by atoms with Gasteiger partial charge in [0.2, 0.25) is 0 Å². The monoisotopic (exact) mass is 379 g/mol. The van der Waals surface area contributed by atoms with Crippen molar-refractivity contribution in [3.8, 4) is 11.5 Å². The SMILES string of the molecule is CCCCCOc1ccc2c(Nc3cccc(OCC(=O)O)c3)cccc2c1. The highest BCUT2D eigenvalue weighted by Crippen LogP contribution is 2.30. The van der Waals surface area contributed by atoms with Crippen LogP contribution >= 0.6 is 0 Å². The van der Waals surface area contributed by atoms with Gasteiger partial charge in [0, 0.05) is 22.8 Å². The van der Waals surface area contributed by atoms with Crippen LogP contribution in [0.15, 0.2) is 60.7 Å². The minimum atomic E-state index is -1.000. The van der Waals surface area contributed by atoms with Crippen molar-refractivity contribution >= 4 is 28.1 Å². The molecule has 28 heavy (non-hydrogen) atoms. The number of hydrogen-bond donors (Lipinski definition) is 2. The fourth-order valence-corrected chi connectivity index (χ4v) is 2.97. The van der Waals surface area contributed by atoms with Crippen LogP contribution in [-0.4, -0.2) is 24.3 Å². The highest BCUT2D eigenvalue weighted by Gasteiger charge is 2.05. The molecule has 5 heteroatoms. The molecule has 0 heterocycles. The van der Waals surface area contributed by atoms with Crippen LogP contribution in [0.3, 0.4) is 0 Å². The van der Waals surface area contributed by atoms with E-state index in [-0.39, 0.29) is 6.61 Å². The topological polar surface area (TPSA) is 67.8 Å². The van der Waals surface area contributed by atoms with Gasteiger partial charge in [0.1, 0.15) is 11.5 Å². The molecule has 0 spiro atoms. The number of fused-ring (bicyclic) bond motifs is 1. The summed E-state index contributed by atoms with van der Waals surface area (Å²) in [6.07, 6.45) is 3.42. The lowest BCUT2D eigenvalue weighted by Crippen LogP contribution is -2.09. The summed E-state index contributed by atoms with van der Waals surface area (Å²) in [6.45, 7) is 2.55. The van der Waals surface area contributed by atoms with Gasteiger partial charge in [-0.25, -0.2) is 4.79 Å². The van der Waals surface area contributed by atoms with Crippen LogP contribution in [0, 0.1) is 0 Å². The quantitative estimate of drug-likeness (QED) is 0.448. The van der Waals surface area contributed by atoms with E-state index in [4.69, 9.17) is 14.6 Å². The minimum absolute atomic E-state index is 0.362. The summed E-state index contributed by atoms with van der Waals surface area (Å²) in [4.78, 5) is 10.7. The third-order valence-corrected chi connectivity index (χ3v) is 4.34. The Labute approximate surface area is 164 Å². The minimum Gasteiger partial charge on any atom is -0.494 e. The molecule has 2 N–H and O–H groups in total. The highest BCUT2D eigenvalue weighted by atomic mass is 16.5. The molecule has 0 aliphatic carbocycles. The van der Waals surface area contributed by atoms with Crippen LogP contribution in [0.5, 0.6) is 11.5 Å². The largest absolute Gasteiger partial charge is 0.494 e. The van der Waals surface area contributed by atoms with Crippen LogP contribution in [0.2, 0.25) is 0 Å². The maximum absolute atomic E-state index is 10.7. The standard InChI is InChI=1S/C23H25NO4/c1-2-3-4-13-27-20-11-12-21-17(14-20)7-5-10-22(21)24-18-8-6-9-19(15-18)28-16-23(25)26/h5-12,14-15,24H,2-4,13,16H2,1H3,(H,25,26). The van der Waals surface area contributed by atoms with E-state index in [0.29, 0.717) is 5.75 Å². The Morgan fingerprint density at radius 1 is 0.964 bits per heavy atom. The number of anilines is 2. The number of carbonyl (C=O) groups is 1. The van der Waals surface area contributed by atoms with Gasteiger partial charge in [0.25, 0.3) is 0 Å². The number of rotatable bonds is 10. The van der Waals surface area contributed by atoms with Gasteiger partial charge in [-0.15, -0.1) is 0 Å². The van der Waals surface area contributed by atoms with Crippen LogP contribution in [0.4, 0.5) is 11.4 Å². The van der Waals surface area contributed by atoms with Gasteiger partial charge in [-0.1, -0.05) is 38.0 Å².